The zero-order valence-electron chi connectivity index (χ0n) is 11.9. The average Bonchev–Trinajstić information content (AvgIpc) is 2.54. The molecule has 5 atom stereocenters. The van der Waals surface area contributed by atoms with E-state index >= 15 is 0 Å². The molecule has 1 aromatic rings. The van der Waals surface area contributed by atoms with Crippen LogP contribution in [0.5, 0.6) is 5.75 Å². The van der Waals surface area contributed by atoms with Crippen molar-refractivity contribution in [3.8, 4) is 5.75 Å². The average molecular weight is 348 g/mol. The van der Waals surface area contributed by atoms with Gasteiger partial charge in [0.25, 0.3) is 0 Å². The van der Waals surface area contributed by atoms with Crippen molar-refractivity contribution < 1.29 is 39.0 Å². The third kappa shape index (κ3) is 3.26. The van der Waals surface area contributed by atoms with Gasteiger partial charge >= 0.3 is 11.4 Å². The molecule has 1 aromatic carbocycles. The number of aliphatic hydroxyl groups is 3. The van der Waals surface area contributed by atoms with Gasteiger partial charge in [-0.3, -0.25) is 20.2 Å². The predicted molar refractivity (Wildman–Crippen MR) is 73.0 cm³/mol. The number of alkyl halides is 1. The second-order valence-corrected chi connectivity index (χ2v) is 4.91. The number of rotatable bonds is 5. The minimum absolute atomic E-state index is 0.651. The smallest absolute Gasteiger partial charge is 0.387 e. The lowest BCUT2D eigenvalue weighted by Crippen LogP contribution is -2.58. The lowest BCUT2D eigenvalue weighted by molar-refractivity contribution is -0.423. The summed E-state index contributed by atoms with van der Waals surface area (Å²) in [6, 6.07) is 2.95. The number of nitro benzene ring substituents is 2. The van der Waals surface area contributed by atoms with E-state index < -0.39 is 64.4 Å². The van der Waals surface area contributed by atoms with Gasteiger partial charge in [-0.15, -0.1) is 0 Å². The minimum Gasteiger partial charge on any atom is -0.454 e. The van der Waals surface area contributed by atoms with E-state index in [1.807, 2.05) is 0 Å². The summed E-state index contributed by atoms with van der Waals surface area (Å²) in [5, 5.41) is 50.1. The number of aliphatic hydroxyl groups excluding tert-OH is 3. The van der Waals surface area contributed by atoms with E-state index in [1.54, 1.807) is 0 Å². The summed E-state index contributed by atoms with van der Waals surface area (Å²) < 4.78 is 23.9. The first-order valence-corrected chi connectivity index (χ1v) is 6.63. The summed E-state index contributed by atoms with van der Waals surface area (Å²) in [6.45, 7) is -0.776. The minimum atomic E-state index is -2.30. The highest BCUT2D eigenvalue weighted by Gasteiger charge is 2.47. The number of ether oxygens (including phenoxy) is 2. The molecular formula is C12H13FN2O9. The van der Waals surface area contributed by atoms with E-state index in [0.29, 0.717) is 0 Å². The topological polar surface area (TPSA) is 165 Å². The molecule has 1 saturated heterocycles. The first-order valence-electron chi connectivity index (χ1n) is 6.63. The van der Waals surface area contributed by atoms with Crippen LogP contribution in [0.3, 0.4) is 0 Å². The summed E-state index contributed by atoms with van der Waals surface area (Å²) in [6.07, 6.45) is -9.32. The standard InChI is InChI=1S/C12H13FN2O9/c13-8-11(18)10(17)7(4-16)24-12(8)23-6-3-1-2-5(14(19)20)9(6)15(21)22/h1-3,7-8,10-12,16-18H,4H2/t7-,8-,10-,11+,12-/m1/s1. The van der Waals surface area contributed by atoms with Gasteiger partial charge in [0, 0.05) is 6.07 Å². The van der Waals surface area contributed by atoms with Gasteiger partial charge in [-0.05, 0) is 6.07 Å². The number of para-hydroxylation sites is 1. The lowest BCUT2D eigenvalue weighted by atomic mass is 10.0. The van der Waals surface area contributed by atoms with Gasteiger partial charge in [-0.25, -0.2) is 4.39 Å². The molecule has 0 amide bonds. The molecule has 11 nitrogen and oxygen atoms in total. The van der Waals surface area contributed by atoms with E-state index in [0.717, 1.165) is 18.2 Å². The molecule has 24 heavy (non-hydrogen) atoms. The zero-order chi connectivity index (χ0) is 18.0. The maximum atomic E-state index is 14.0. The molecule has 1 aliphatic heterocycles. The Morgan fingerprint density at radius 1 is 1.21 bits per heavy atom. The Bertz CT molecular complexity index is 641. The molecule has 132 valence electrons. The van der Waals surface area contributed by atoms with Gasteiger partial charge in [0.2, 0.25) is 12.0 Å². The van der Waals surface area contributed by atoms with Crippen LogP contribution in [0.4, 0.5) is 15.8 Å². The van der Waals surface area contributed by atoms with Crippen LogP contribution in [-0.2, 0) is 4.74 Å². The molecule has 1 fully saturated rings. The summed E-state index contributed by atoms with van der Waals surface area (Å²) in [5.41, 5.74) is -1.89. The van der Waals surface area contributed by atoms with Gasteiger partial charge in [0.05, 0.1) is 16.5 Å². The number of benzene rings is 1. The number of halogens is 1. The molecule has 0 radical (unpaired) electrons. The number of hydrogen-bond acceptors (Lipinski definition) is 9. The van der Waals surface area contributed by atoms with Crippen LogP contribution in [0.25, 0.3) is 0 Å². The number of nitro groups is 2. The normalized spacial score (nSPS) is 29.9. The second-order valence-electron chi connectivity index (χ2n) is 4.91. The molecule has 0 aromatic heterocycles. The summed E-state index contributed by atoms with van der Waals surface area (Å²) in [5.74, 6) is -0.651. The summed E-state index contributed by atoms with van der Waals surface area (Å²) in [4.78, 5) is 19.9. The van der Waals surface area contributed by atoms with E-state index in [-0.39, 0.29) is 0 Å². The van der Waals surface area contributed by atoms with Crippen molar-refractivity contribution in [3.63, 3.8) is 0 Å². The largest absolute Gasteiger partial charge is 0.454 e. The van der Waals surface area contributed by atoms with Crippen LogP contribution < -0.4 is 4.74 Å². The van der Waals surface area contributed by atoms with E-state index in [2.05, 4.69) is 0 Å². The van der Waals surface area contributed by atoms with Crippen LogP contribution in [0.15, 0.2) is 18.2 Å². The van der Waals surface area contributed by atoms with Crippen molar-refractivity contribution >= 4 is 11.4 Å². The maximum absolute atomic E-state index is 14.0. The Labute approximate surface area is 133 Å². The van der Waals surface area contributed by atoms with Crippen molar-refractivity contribution in [2.75, 3.05) is 6.61 Å². The molecule has 0 spiro atoms. The lowest BCUT2D eigenvalue weighted by Gasteiger charge is -2.38. The molecule has 3 N–H and O–H groups in total. The first-order chi connectivity index (χ1) is 11.3. The highest BCUT2D eigenvalue weighted by atomic mass is 19.1. The van der Waals surface area contributed by atoms with Gasteiger partial charge in [-0.2, -0.15) is 0 Å². The zero-order valence-corrected chi connectivity index (χ0v) is 11.9. The van der Waals surface area contributed by atoms with Crippen LogP contribution in [-0.4, -0.2) is 62.5 Å². The summed E-state index contributed by atoms with van der Waals surface area (Å²) in [7, 11) is 0. The summed E-state index contributed by atoms with van der Waals surface area (Å²) >= 11 is 0. The highest BCUT2D eigenvalue weighted by molar-refractivity contribution is 5.61. The molecule has 12 heteroatoms. The van der Waals surface area contributed by atoms with Crippen molar-refractivity contribution in [1.82, 2.24) is 0 Å². The Morgan fingerprint density at radius 3 is 2.42 bits per heavy atom. The van der Waals surface area contributed by atoms with E-state index in [4.69, 9.17) is 14.6 Å². The van der Waals surface area contributed by atoms with E-state index in [1.165, 1.54) is 0 Å². The fraction of sp³-hybridized carbons (Fsp3) is 0.500. The van der Waals surface area contributed by atoms with Crippen molar-refractivity contribution in [3.05, 3.63) is 38.4 Å². The van der Waals surface area contributed by atoms with Crippen LogP contribution >= 0.6 is 0 Å². The Hall–Kier alpha value is -2.41. The first kappa shape index (κ1) is 17.9. The third-order valence-electron chi connectivity index (χ3n) is 3.41. The second kappa shape index (κ2) is 7.00. The van der Waals surface area contributed by atoms with Crippen LogP contribution in [0.2, 0.25) is 0 Å². The van der Waals surface area contributed by atoms with Gasteiger partial charge < -0.3 is 24.8 Å². The Morgan fingerprint density at radius 2 is 1.88 bits per heavy atom. The molecule has 2 rings (SSSR count). The fourth-order valence-corrected chi connectivity index (χ4v) is 2.20. The highest BCUT2D eigenvalue weighted by Crippen LogP contribution is 2.38. The number of hydrogen-bond donors (Lipinski definition) is 3. The van der Waals surface area contributed by atoms with Crippen molar-refractivity contribution in [1.29, 1.82) is 0 Å². The molecule has 0 saturated carbocycles. The molecular weight excluding hydrogens is 335 g/mol. The van der Waals surface area contributed by atoms with Crippen LogP contribution in [0, 0.1) is 20.2 Å². The molecule has 0 aliphatic carbocycles. The van der Waals surface area contributed by atoms with Gasteiger partial charge in [-0.1, -0.05) is 6.07 Å². The van der Waals surface area contributed by atoms with Gasteiger partial charge in [0.15, 0.2) is 6.17 Å². The maximum Gasteiger partial charge on any atom is 0.387 e. The molecule has 0 unspecified atom stereocenters. The van der Waals surface area contributed by atoms with Crippen molar-refractivity contribution in [2.45, 2.75) is 30.8 Å². The molecule has 1 heterocycles. The molecule has 1 aliphatic rings. The monoisotopic (exact) mass is 348 g/mol. The van der Waals surface area contributed by atoms with Gasteiger partial charge in [0.1, 0.15) is 18.3 Å². The predicted octanol–water partition coefficient (Wildman–Crippen LogP) is -0.341. The number of nitrogens with zero attached hydrogens (tertiary/aromatic N) is 2. The van der Waals surface area contributed by atoms with Crippen molar-refractivity contribution in [2.24, 2.45) is 0 Å². The molecule has 0 bridgehead atoms. The Kier molecular flexibility index (Phi) is 5.23. The SMILES string of the molecule is O=[N+]([O-])c1cccc(O[C@@H]2O[C@H](CO)[C@@H](O)[C@@H](O)[C@H]2F)c1[N+](=O)[O-]. The quantitative estimate of drug-likeness (QED) is 0.476. The third-order valence-corrected chi connectivity index (χ3v) is 3.41. The Balaban J connectivity index is 2.35. The fourth-order valence-electron chi connectivity index (χ4n) is 2.20. The van der Waals surface area contributed by atoms with Crippen LogP contribution in [0.1, 0.15) is 0 Å². The van der Waals surface area contributed by atoms with E-state index in [9.17, 15) is 34.8 Å².